The van der Waals surface area contributed by atoms with Crippen molar-refractivity contribution < 1.29 is 0 Å². The Kier molecular flexibility index (Phi) is 6.59. The molecule has 0 N–H and O–H groups in total. The van der Waals surface area contributed by atoms with Gasteiger partial charge in [-0.05, 0) is 85.3 Å². The fourth-order valence-corrected chi connectivity index (χ4v) is 7.60. The van der Waals surface area contributed by atoms with E-state index < -0.39 is 0 Å². The molecule has 234 valence electrons. The monoisotopic (exact) mass is 638 g/mol. The van der Waals surface area contributed by atoms with Gasteiger partial charge in [-0.3, -0.25) is 4.98 Å². The second-order valence-electron chi connectivity index (χ2n) is 12.9. The maximum atomic E-state index is 5.29. The van der Waals surface area contributed by atoms with E-state index in [9.17, 15) is 0 Å². The Hall–Kier alpha value is -6.52. The predicted octanol–water partition coefficient (Wildman–Crippen LogP) is 11.5. The average molecular weight is 639 g/mol. The fraction of sp³-hybridized carbons (Fsp3) is 0.0435. The van der Waals surface area contributed by atoms with Crippen molar-refractivity contribution in [2.45, 2.75) is 12.8 Å². The van der Waals surface area contributed by atoms with Gasteiger partial charge in [0.1, 0.15) is 0 Å². The molecule has 1 aliphatic rings. The Morgan fingerprint density at radius 1 is 0.420 bits per heavy atom. The predicted molar refractivity (Wildman–Crippen MR) is 207 cm³/mol. The molecule has 10 rings (SSSR count). The zero-order valence-electron chi connectivity index (χ0n) is 27.2. The average Bonchev–Trinajstić information content (AvgIpc) is 3.20. The molecule has 1 aliphatic carbocycles. The lowest BCUT2D eigenvalue weighted by molar-refractivity contribution is 0.928. The van der Waals surface area contributed by atoms with Crippen molar-refractivity contribution in [2.75, 3.05) is 0 Å². The standard InChI is InChI=1S/C46H30N4/c1-3-13-33-31(11-1)27-41(38-17-7-5-15-36(33)38)45-48-44(30-23-21-29(22-24-30)35-25-26-47-43-20-10-9-19-40(35)43)49-46(50-45)42-28-32-12-2-4-14-34(32)37-16-6-8-18-39(37)42/h1-9,11-19,21-28H,10,20H2. The third kappa shape index (κ3) is 4.68. The summed E-state index contributed by atoms with van der Waals surface area (Å²) in [4.78, 5) is 20.4. The second kappa shape index (κ2) is 11.6. The summed E-state index contributed by atoms with van der Waals surface area (Å²) in [5.41, 5.74) is 7.62. The third-order valence-electron chi connectivity index (χ3n) is 10.0. The van der Waals surface area contributed by atoms with Crippen molar-refractivity contribution >= 4 is 49.2 Å². The van der Waals surface area contributed by atoms with Gasteiger partial charge >= 0.3 is 0 Å². The molecule has 0 saturated carbocycles. The maximum Gasteiger partial charge on any atom is 0.164 e. The van der Waals surface area contributed by atoms with Crippen LogP contribution in [0.25, 0.3) is 94.5 Å². The number of rotatable bonds is 4. The van der Waals surface area contributed by atoms with E-state index in [1.54, 1.807) is 0 Å². The minimum absolute atomic E-state index is 0.641. The molecule has 0 fully saturated rings. The van der Waals surface area contributed by atoms with Crippen LogP contribution in [-0.4, -0.2) is 19.9 Å². The number of nitrogens with zero attached hydrogens (tertiary/aromatic N) is 4. The summed E-state index contributed by atoms with van der Waals surface area (Å²) >= 11 is 0. The largest absolute Gasteiger partial charge is 0.261 e. The van der Waals surface area contributed by atoms with Crippen LogP contribution in [0.5, 0.6) is 0 Å². The van der Waals surface area contributed by atoms with E-state index in [1.807, 2.05) is 6.20 Å². The molecule has 7 aromatic carbocycles. The van der Waals surface area contributed by atoms with Crippen LogP contribution < -0.4 is 0 Å². The van der Waals surface area contributed by atoms with E-state index in [1.165, 1.54) is 32.7 Å². The summed E-state index contributed by atoms with van der Waals surface area (Å²) in [5, 5.41) is 9.32. The SMILES string of the molecule is C1=Cc2c(-c3ccc(-c4nc(-c5cc6ccccc6c6ccccc56)nc(-c5cc6ccccc6c6ccccc56)n4)cc3)ccnc2CC1. The highest BCUT2D eigenvalue weighted by Gasteiger charge is 2.19. The summed E-state index contributed by atoms with van der Waals surface area (Å²) in [6.45, 7) is 0. The van der Waals surface area contributed by atoms with Gasteiger partial charge in [-0.15, -0.1) is 0 Å². The lowest BCUT2D eigenvalue weighted by Gasteiger charge is -2.15. The second-order valence-corrected chi connectivity index (χ2v) is 12.9. The number of aromatic nitrogens is 4. The first-order valence-electron chi connectivity index (χ1n) is 17.1. The molecule has 0 unspecified atom stereocenters. The summed E-state index contributed by atoms with van der Waals surface area (Å²) in [5.74, 6) is 1.95. The van der Waals surface area contributed by atoms with Gasteiger partial charge < -0.3 is 0 Å². The van der Waals surface area contributed by atoms with Gasteiger partial charge in [-0.2, -0.15) is 0 Å². The molecule has 0 aliphatic heterocycles. The van der Waals surface area contributed by atoms with Crippen LogP contribution >= 0.6 is 0 Å². The lowest BCUT2D eigenvalue weighted by atomic mass is 9.93. The molecule has 4 heteroatoms. The summed E-state index contributed by atoms with van der Waals surface area (Å²) in [7, 11) is 0. The molecule has 0 radical (unpaired) electrons. The molecular formula is C46H30N4. The van der Waals surface area contributed by atoms with Crippen molar-refractivity contribution in [3.05, 3.63) is 163 Å². The Morgan fingerprint density at radius 2 is 0.920 bits per heavy atom. The van der Waals surface area contributed by atoms with Gasteiger partial charge in [0, 0.05) is 34.1 Å². The number of aryl methyl sites for hydroxylation is 1. The van der Waals surface area contributed by atoms with Crippen molar-refractivity contribution in [3.8, 4) is 45.3 Å². The molecule has 2 aromatic heterocycles. The smallest absolute Gasteiger partial charge is 0.164 e. The van der Waals surface area contributed by atoms with Crippen LogP contribution in [0.4, 0.5) is 0 Å². The first-order valence-corrected chi connectivity index (χ1v) is 17.1. The van der Waals surface area contributed by atoms with E-state index in [4.69, 9.17) is 15.0 Å². The van der Waals surface area contributed by atoms with Crippen LogP contribution in [0.2, 0.25) is 0 Å². The van der Waals surface area contributed by atoms with Gasteiger partial charge in [-0.25, -0.2) is 15.0 Å². The van der Waals surface area contributed by atoms with Gasteiger partial charge in [0.2, 0.25) is 0 Å². The normalized spacial score (nSPS) is 12.6. The summed E-state index contributed by atoms with van der Waals surface area (Å²) in [6, 6.07) is 49.3. The molecule has 0 amide bonds. The molecular weight excluding hydrogens is 609 g/mol. The Balaban J connectivity index is 1.21. The molecule has 4 nitrogen and oxygen atoms in total. The topological polar surface area (TPSA) is 51.6 Å². The Bertz CT molecular complexity index is 2680. The van der Waals surface area contributed by atoms with E-state index in [2.05, 4.69) is 157 Å². The Labute approximate surface area is 289 Å². The summed E-state index contributed by atoms with van der Waals surface area (Å²) in [6.07, 6.45) is 8.38. The highest BCUT2D eigenvalue weighted by atomic mass is 15.0. The quantitative estimate of drug-likeness (QED) is 0.180. The van der Waals surface area contributed by atoms with Crippen LogP contribution in [0.15, 0.2) is 152 Å². The molecule has 9 aromatic rings. The van der Waals surface area contributed by atoms with E-state index in [-0.39, 0.29) is 0 Å². The van der Waals surface area contributed by atoms with Crippen molar-refractivity contribution in [1.29, 1.82) is 0 Å². The zero-order chi connectivity index (χ0) is 33.0. The molecule has 2 heterocycles. The van der Waals surface area contributed by atoms with E-state index >= 15 is 0 Å². The third-order valence-corrected chi connectivity index (χ3v) is 10.0. The number of hydrogen-bond acceptors (Lipinski definition) is 4. The van der Waals surface area contributed by atoms with Crippen LogP contribution in [-0.2, 0) is 6.42 Å². The number of pyridine rings is 1. The number of allylic oxidation sites excluding steroid dienone is 1. The van der Waals surface area contributed by atoms with Crippen LogP contribution in [0, 0.1) is 0 Å². The van der Waals surface area contributed by atoms with E-state index in [0.29, 0.717) is 17.5 Å². The fourth-order valence-electron chi connectivity index (χ4n) is 7.60. The van der Waals surface area contributed by atoms with Crippen LogP contribution in [0.3, 0.4) is 0 Å². The zero-order valence-corrected chi connectivity index (χ0v) is 27.2. The molecule has 0 spiro atoms. The van der Waals surface area contributed by atoms with Gasteiger partial charge in [0.15, 0.2) is 17.5 Å². The minimum atomic E-state index is 0.641. The first-order chi connectivity index (χ1) is 24.8. The minimum Gasteiger partial charge on any atom is -0.261 e. The van der Waals surface area contributed by atoms with Crippen LogP contribution in [0.1, 0.15) is 17.7 Å². The number of benzene rings is 7. The highest BCUT2D eigenvalue weighted by molar-refractivity contribution is 6.14. The van der Waals surface area contributed by atoms with E-state index in [0.717, 1.165) is 62.3 Å². The maximum absolute atomic E-state index is 5.29. The van der Waals surface area contributed by atoms with Crippen molar-refractivity contribution in [1.82, 2.24) is 19.9 Å². The van der Waals surface area contributed by atoms with Crippen molar-refractivity contribution in [2.24, 2.45) is 0 Å². The van der Waals surface area contributed by atoms with Gasteiger partial charge in [0.25, 0.3) is 0 Å². The van der Waals surface area contributed by atoms with Gasteiger partial charge in [-0.1, -0.05) is 133 Å². The van der Waals surface area contributed by atoms with Crippen molar-refractivity contribution in [3.63, 3.8) is 0 Å². The first kappa shape index (κ1) is 28.5. The molecule has 0 atom stereocenters. The molecule has 0 bridgehead atoms. The summed E-state index contributed by atoms with van der Waals surface area (Å²) < 4.78 is 0. The Morgan fingerprint density at radius 3 is 1.52 bits per heavy atom. The lowest BCUT2D eigenvalue weighted by Crippen LogP contribution is -2.02. The highest BCUT2D eigenvalue weighted by Crippen LogP contribution is 2.38. The molecule has 50 heavy (non-hydrogen) atoms. The number of fused-ring (bicyclic) bond motifs is 7. The number of hydrogen-bond donors (Lipinski definition) is 0. The molecule has 0 saturated heterocycles. The van der Waals surface area contributed by atoms with Gasteiger partial charge in [0.05, 0.1) is 0 Å².